The molecule has 6 heteroatoms. The third kappa shape index (κ3) is 2.85. The van der Waals surface area contributed by atoms with Gasteiger partial charge in [0.15, 0.2) is 0 Å². The van der Waals surface area contributed by atoms with Crippen LogP contribution >= 0.6 is 0 Å². The van der Waals surface area contributed by atoms with E-state index in [1.54, 1.807) is 31.4 Å². The van der Waals surface area contributed by atoms with Gasteiger partial charge in [0.05, 0.1) is 18.6 Å². The zero-order valence-corrected chi connectivity index (χ0v) is 14.4. The first-order valence-electron chi connectivity index (χ1n) is 7.80. The first-order valence-corrected chi connectivity index (χ1v) is 9.28. The average molecular weight is 352 g/mol. The second kappa shape index (κ2) is 5.89. The van der Waals surface area contributed by atoms with E-state index in [-0.39, 0.29) is 4.90 Å². The Balaban J connectivity index is 1.65. The monoisotopic (exact) mass is 352 g/mol. The number of fused-ring (bicyclic) bond motifs is 2. The Morgan fingerprint density at radius 2 is 1.76 bits per heavy atom. The summed E-state index contributed by atoms with van der Waals surface area (Å²) < 4.78 is 32.0. The molecule has 1 aliphatic heterocycles. The van der Waals surface area contributed by atoms with Gasteiger partial charge in [-0.25, -0.2) is 8.42 Å². The van der Waals surface area contributed by atoms with Crippen molar-refractivity contribution in [3.63, 3.8) is 0 Å². The quantitative estimate of drug-likeness (QED) is 0.788. The number of hydrogen-bond donors (Lipinski definition) is 1. The Kier molecular flexibility index (Phi) is 3.69. The van der Waals surface area contributed by atoms with Crippen molar-refractivity contribution < 1.29 is 13.2 Å². The van der Waals surface area contributed by atoms with E-state index >= 15 is 0 Å². The molecule has 0 unspecified atom stereocenters. The van der Waals surface area contributed by atoms with Gasteiger partial charge in [-0.15, -0.1) is 0 Å². The van der Waals surface area contributed by atoms with Gasteiger partial charge in [0.25, 0.3) is 10.0 Å². The lowest BCUT2D eigenvalue weighted by Crippen LogP contribution is -2.22. The number of ether oxygens (including phenoxy) is 1. The molecular formula is C19H16N2O3S. The number of benzene rings is 3. The summed E-state index contributed by atoms with van der Waals surface area (Å²) in [6, 6.07) is 18.8. The Labute approximate surface area is 146 Å². The van der Waals surface area contributed by atoms with E-state index in [0.717, 1.165) is 22.1 Å². The molecule has 1 heterocycles. The molecule has 0 atom stereocenters. The molecule has 1 aliphatic rings. The molecule has 4 rings (SSSR count). The van der Waals surface area contributed by atoms with Gasteiger partial charge in [0, 0.05) is 5.56 Å². The molecule has 0 bridgehead atoms. The minimum Gasteiger partial charge on any atom is -0.497 e. The van der Waals surface area contributed by atoms with Crippen molar-refractivity contribution in [1.82, 2.24) is 4.72 Å². The number of sulfonamides is 1. The van der Waals surface area contributed by atoms with Crippen LogP contribution in [-0.4, -0.2) is 21.4 Å². The normalized spacial score (nSPS) is 16.6. The van der Waals surface area contributed by atoms with Gasteiger partial charge in [-0.2, -0.15) is 0 Å². The molecule has 3 aromatic rings. The van der Waals surface area contributed by atoms with Gasteiger partial charge in [0.1, 0.15) is 11.6 Å². The zero-order valence-electron chi connectivity index (χ0n) is 13.6. The molecule has 0 saturated heterocycles. The maximum atomic E-state index is 12.1. The van der Waals surface area contributed by atoms with Crippen LogP contribution < -0.4 is 9.46 Å². The van der Waals surface area contributed by atoms with Crippen LogP contribution in [-0.2, 0) is 16.6 Å². The summed E-state index contributed by atoms with van der Waals surface area (Å²) in [5.41, 5.74) is 1.63. The van der Waals surface area contributed by atoms with E-state index in [2.05, 4.69) is 9.71 Å². The minimum atomic E-state index is -3.50. The first kappa shape index (κ1) is 15.7. The Morgan fingerprint density at radius 3 is 2.60 bits per heavy atom. The number of nitrogens with one attached hydrogen (secondary N) is 1. The molecule has 3 aromatic carbocycles. The van der Waals surface area contributed by atoms with Crippen molar-refractivity contribution in [3.8, 4) is 5.75 Å². The van der Waals surface area contributed by atoms with Gasteiger partial charge < -0.3 is 4.74 Å². The Hall–Kier alpha value is -2.86. The SMILES string of the molecule is COc1ccc2cc(CN=C3NS(=O)(=O)c4ccccc43)ccc2c1. The van der Waals surface area contributed by atoms with E-state index in [1.165, 1.54) is 0 Å². The highest BCUT2D eigenvalue weighted by atomic mass is 32.2. The second-order valence-electron chi connectivity index (χ2n) is 5.81. The van der Waals surface area contributed by atoms with E-state index in [0.29, 0.717) is 17.9 Å². The number of methoxy groups -OCH3 is 1. The molecular weight excluding hydrogens is 336 g/mol. The van der Waals surface area contributed by atoms with E-state index in [4.69, 9.17) is 4.74 Å². The lowest BCUT2D eigenvalue weighted by molar-refractivity contribution is 0.415. The summed E-state index contributed by atoms with van der Waals surface area (Å²) in [6.45, 7) is 0.397. The molecule has 0 fully saturated rings. The zero-order chi connectivity index (χ0) is 17.4. The maximum Gasteiger partial charge on any atom is 0.263 e. The van der Waals surface area contributed by atoms with Crippen LogP contribution in [0.25, 0.3) is 10.8 Å². The van der Waals surface area contributed by atoms with Crippen molar-refractivity contribution in [2.24, 2.45) is 4.99 Å². The molecule has 5 nitrogen and oxygen atoms in total. The summed E-state index contributed by atoms with van der Waals surface area (Å²) >= 11 is 0. The van der Waals surface area contributed by atoms with Crippen LogP contribution in [0.5, 0.6) is 5.75 Å². The first-order chi connectivity index (χ1) is 12.1. The Morgan fingerprint density at radius 1 is 1.00 bits per heavy atom. The molecule has 0 aliphatic carbocycles. The largest absolute Gasteiger partial charge is 0.497 e. The summed E-state index contributed by atoms with van der Waals surface area (Å²) in [5.74, 6) is 1.21. The van der Waals surface area contributed by atoms with Crippen LogP contribution in [0.2, 0.25) is 0 Å². The number of rotatable bonds is 3. The van der Waals surface area contributed by atoms with Crippen molar-refractivity contribution in [3.05, 3.63) is 71.8 Å². The number of hydrogen-bond acceptors (Lipinski definition) is 4. The minimum absolute atomic E-state index is 0.277. The van der Waals surface area contributed by atoms with Crippen LogP contribution in [0.15, 0.2) is 70.6 Å². The topological polar surface area (TPSA) is 67.8 Å². The van der Waals surface area contributed by atoms with Crippen LogP contribution in [0, 0.1) is 0 Å². The van der Waals surface area contributed by atoms with Crippen LogP contribution in [0.1, 0.15) is 11.1 Å². The predicted molar refractivity (Wildman–Crippen MR) is 97.5 cm³/mol. The highest BCUT2D eigenvalue weighted by molar-refractivity contribution is 7.90. The fourth-order valence-corrected chi connectivity index (χ4v) is 4.17. The van der Waals surface area contributed by atoms with Crippen molar-refractivity contribution in [2.75, 3.05) is 7.11 Å². The van der Waals surface area contributed by atoms with Gasteiger partial charge in [-0.05, 0) is 46.7 Å². The van der Waals surface area contributed by atoms with Crippen molar-refractivity contribution in [2.45, 2.75) is 11.4 Å². The molecule has 126 valence electrons. The molecule has 0 radical (unpaired) electrons. The molecule has 0 saturated carbocycles. The molecule has 1 N–H and O–H groups in total. The van der Waals surface area contributed by atoms with E-state index in [9.17, 15) is 8.42 Å². The number of nitrogens with zero attached hydrogens (tertiary/aromatic N) is 1. The molecule has 0 spiro atoms. The summed E-state index contributed by atoms with van der Waals surface area (Å²) in [6.07, 6.45) is 0. The van der Waals surface area contributed by atoms with Crippen LogP contribution in [0.3, 0.4) is 0 Å². The third-order valence-corrected chi connectivity index (χ3v) is 5.59. The summed E-state index contributed by atoms with van der Waals surface area (Å²) in [7, 11) is -1.85. The predicted octanol–water partition coefficient (Wildman–Crippen LogP) is 3.09. The molecule has 0 aromatic heterocycles. The summed E-state index contributed by atoms with van der Waals surface area (Å²) in [4.78, 5) is 4.75. The average Bonchev–Trinajstić information content (AvgIpc) is 2.90. The second-order valence-corrected chi connectivity index (χ2v) is 7.46. The summed E-state index contributed by atoms with van der Waals surface area (Å²) in [5, 5.41) is 2.17. The maximum absolute atomic E-state index is 12.1. The van der Waals surface area contributed by atoms with E-state index in [1.807, 2.05) is 36.4 Å². The van der Waals surface area contributed by atoms with Crippen molar-refractivity contribution >= 4 is 26.6 Å². The highest BCUT2D eigenvalue weighted by Gasteiger charge is 2.29. The van der Waals surface area contributed by atoms with Gasteiger partial charge in [-0.3, -0.25) is 9.71 Å². The number of aliphatic imine (C=N–C) groups is 1. The van der Waals surface area contributed by atoms with Crippen LogP contribution in [0.4, 0.5) is 0 Å². The molecule has 25 heavy (non-hydrogen) atoms. The number of amidine groups is 1. The standard InChI is InChI=1S/C19H16N2O3S/c1-24-16-9-8-14-10-13(6-7-15(14)11-16)12-20-19-17-4-2-3-5-18(17)25(22,23)21-19/h2-11H,12H2,1H3,(H,20,21). The highest BCUT2D eigenvalue weighted by Crippen LogP contribution is 2.24. The Bertz CT molecular complexity index is 1100. The third-order valence-electron chi connectivity index (χ3n) is 4.19. The lowest BCUT2D eigenvalue weighted by Gasteiger charge is -2.05. The van der Waals surface area contributed by atoms with Gasteiger partial charge in [0.2, 0.25) is 0 Å². The lowest BCUT2D eigenvalue weighted by atomic mass is 10.1. The fraction of sp³-hybridized carbons (Fsp3) is 0.105. The van der Waals surface area contributed by atoms with E-state index < -0.39 is 10.0 Å². The van der Waals surface area contributed by atoms with Gasteiger partial charge >= 0.3 is 0 Å². The molecule has 0 amide bonds. The fourth-order valence-electron chi connectivity index (χ4n) is 2.92. The van der Waals surface area contributed by atoms with Gasteiger partial charge in [-0.1, -0.05) is 30.3 Å². The smallest absolute Gasteiger partial charge is 0.263 e. The van der Waals surface area contributed by atoms with Crippen molar-refractivity contribution in [1.29, 1.82) is 0 Å².